The molecule has 2 bridgehead atoms. The number of carbonyl (C=O) groups is 2. The summed E-state index contributed by atoms with van der Waals surface area (Å²) in [4.78, 5) is 24.7. The third-order valence-corrected chi connectivity index (χ3v) is 7.71. The number of aliphatic hydroxyl groups is 1. The van der Waals surface area contributed by atoms with Crippen LogP contribution in [0.4, 0.5) is 0 Å². The second-order valence-electron chi connectivity index (χ2n) is 9.38. The van der Waals surface area contributed by atoms with Crippen LogP contribution < -0.4 is 0 Å². The summed E-state index contributed by atoms with van der Waals surface area (Å²) in [5, 5.41) is 9.20. The number of aliphatic hydroxyl groups excluding tert-OH is 1. The molecule has 0 radical (unpaired) electrons. The quantitative estimate of drug-likeness (QED) is 0.552. The van der Waals surface area contributed by atoms with Gasteiger partial charge in [-0.15, -0.1) is 0 Å². The minimum atomic E-state index is -0.703. The Balaban J connectivity index is 1.61. The van der Waals surface area contributed by atoms with Gasteiger partial charge >= 0.3 is 11.9 Å². The molecular formula is C25H32O6. The fourth-order valence-electron chi connectivity index (χ4n) is 6.15. The van der Waals surface area contributed by atoms with Crippen LogP contribution in [0.5, 0.6) is 0 Å². The maximum Gasteiger partial charge on any atom is 0.332 e. The lowest BCUT2D eigenvalue weighted by molar-refractivity contribution is -0.253. The highest BCUT2D eigenvalue weighted by Gasteiger charge is 2.70. The number of hydrogen-bond acceptors (Lipinski definition) is 6. The third-order valence-electron chi connectivity index (χ3n) is 7.71. The van der Waals surface area contributed by atoms with Gasteiger partial charge in [0, 0.05) is 18.4 Å². The minimum absolute atomic E-state index is 0.122. The van der Waals surface area contributed by atoms with E-state index in [4.69, 9.17) is 14.2 Å². The van der Waals surface area contributed by atoms with Crippen molar-refractivity contribution in [2.45, 2.75) is 69.9 Å². The van der Waals surface area contributed by atoms with Gasteiger partial charge in [0.05, 0.1) is 0 Å². The average Bonchev–Trinajstić information content (AvgIpc) is 3.28. The SMILES string of the molecule is CC[C@@]12C[C@@H](OC(=O)CO)[C@@](C)(O1)[C@@H]1CC[C@@H](C)[C@H]1[C@@H]2OC(=O)/C=C/c1ccccc1. The molecule has 0 aromatic heterocycles. The van der Waals surface area contributed by atoms with E-state index >= 15 is 0 Å². The molecule has 6 nitrogen and oxygen atoms in total. The Morgan fingerprint density at radius 3 is 2.65 bits per heavy atom. The number of esters is 2. The smallest absolute Gasteiger partial charge is 0.332 e. The van der Waals surface area contributed by atoms with Crippen molar-refractivity contribution in [3.8, 4) is 0 Å². The number of fused-ring (bicyclic) bond motifs is 4. The predicted molar refractivity (Wildman–Crippen MR) is 115 cm³/mol. The fourth-order valence-corrected chi connectivity index (χ4v) is 6.15. The Morgan fingerprint density at radius 1 is 1.23 bits per heavy atom. The van der Waals surface area contributed by atoms with Crippen molar-refractivity contribution < 1.29 is 28.9 Å². The molecule has 1 N–H and O–H groups in total. The molecular weight excluding hydrogens is 396 g/mol. The minimum Gasteiger partial charge on any atom is -0.457 e. The van der Waals surface area contributed by atoms with Crippen molar-refractivity contribution in [3.05, 3.63) is 42.0 Å². The first kappa shape index (κ1) is 22.0. The van der Waals surface area contributed by atoms with Gasteiger partial charge in [0.1, 0.15) is 30.0 Å². The molecule has 1 aromatic rings. The summed E-state index contributed by atoms with van der Waals surface area (Å²) in [5.74, 6) is -0.386. The zero-order valence-electron chi connectivity index (χ0n) is 18.5. The molecule has 6 heteroatoms. The standard InChI is InChI=1S/C25H32O6/c1-4-25-14-19(29-21(28)15-26)24(3,31-25)18-12-10-16(2)22(18)23(25)30-20(27)13-11-17-8-6-5-7-9-17/h5-9,11,13,16,18-19,22-23,26H,4,10,12,14-15H2,1-3H3/b13-11+/t16-,18-,19-,22-,23+,24+,25+/m1/s1. The van der Waals surface area contributed by atoms with Gasteiger partial charge in [-0.3, -0.25) is 0 Å². The molecule has 7 atom stereocenters. The van der Waals surface area contributed by atoms with Crippen LogP contribution in [0.25, 0.3) is 6.08 Å². The first-order chi connectivity index (χ1) is 14.8. The number of benzene rings is 1. The van der Waals surface area contributed by atoms with Crippen LogP contribution in [0.1, 0.15) is 52.0 Å². The van der Waals surface area contributed by atoms with E-state index < -0.39 is 36.0 Å². The fraction of sp³-hybridized carbons (Fsp3) is 0.600. The van der Waals surface area contributed by atoms with Gasteiger partial charge in [-0.1, -0.05) is 44.2 Å². The predicted octanol–water partition coefficient (Wildman–Crippen LogP) is 3.52. The normalized spacial score (nSPS) is 38.8. The molecule has 1 aromatic carbocycles. The highest BCUT2D eigenvalue weighted by Crippen LogP contribution is 2.62. The van der Waals surface area contributed by atoms with Crippen molar-refractivity contribution in [2.24, 2.45) is 17.8 Å². The summed E-state index contributed by atoms with van der Waals surface area (Å²) >= 11 is 0. The molecule has 0 amide bonds. The van der Waals surface area contributed by atoms with Crippen molar-refractivity contribution in [3.63, 3.8) is 0 Å². The molecule has 1 saturated carbocycles. The van der Waals surface area contributed by atoms with Crippen LogP contribution >= 0.6 is 0 Å². The largest absolute Gasteiger partial charge is 0.457 e. The van der Waals surface area contributed by atoms with E-state index in [0.717, 1.165) is 18.4 Å². The van der Waals surface area contributed by atoms with Gasteiger partial charge in [0.15, 0.2) is 0 Å². The summed E-state index contributed by atoms with van der Waals surface area (Å²) < 4.78 is 18.4. The van der Waals surface area contributed by atoms with E-state index in [0.29, 0.717) is 18.8 Å². The molecule has 168 valence electrons. The van der Waals surface area contributed by atoms with Crippen LogP contribution in [0.3, 0.4) is 0 Å². The van der Waals surface area contributed by atoms with Crippen molar-refractivity contribution in [1.29, 1.82) is 0 Å². The van der Waals surface area contributed by atoms with E-state index in [1.807, 2.05) is 44.2 Å². The summed E-state index contributed by atoms with van der Waals surface area (Å²) in [6.45, 7) is 5.59. The Kier molecular flexibility index (Phi) is 5.97. The Bertz CT molecular complexity index is 851. The number of hydrogen-bond donors (Lipinski definition) is 1. The molecule has 1 aliphatic carbocycles. The van der Waals surface area contributed by atoms with Crippen molar-refractivity contribution >= 4 is 18.0 Å². The van der Waals surface area contributed by atoms with E-state index in [1.54, 1.807) is 6.08 Å². The zero-order valence-corrected chi connectivity index (χ0v) is 18.5. The molecule has 2 heterocycles. The van der Waals surface area contributed by atoms with Gasteiger partial charge in [-0.2, -0.15) is 0 Å². The number of carbonyl (C=O) groups excluding carboxylic acids is 2. The summed E-state index contributed by atoms with van der Waals surface area (Å²) in [6, 6.07) is 9.63. The maximum absolute atomic E-state index is 12.8. The number of ether oxygens (including phenoxy) is 3. The lowest BCUT2D eigenvalue weighted by atomic mass is 9.71. The highest BCUT2D eigenvalue weighted by atomic mass is 16.6. The van der Waals surface area contributed by atoms with Crippen LogP contribution in [0.15, 0.2) is 36.4 Å². The van der Waals surface area contributed by atoms with Crippen LogP contribution in [-0.2, 0) is 23.8 Å². The Labute approximate surface area is 183 Å². The van der Waals surface area contributed by atoms with E-state index in [2.05, 4.69) is 6.92 Å². The second-order valence-corrected chi connectivity index (χ2v) is 9.38. The zero-order chi connectivity index (χ0) is 22.2. The van der Waals surface area contributed by atoms with Gasteiger partial charge in [-0.05, 0) is 49.7 Å². The van der Waals surface area contributed by atoms with E-state index in [-0.39, 0.29) is 17.8 Å². The van der Waals surface area contributed by atoms with Gasteiger partial charge in [-0.25, -0.2) is 9.59 Å². The summed E-state index contributed by atoms with van der Waals surface area (Å²) in [6.07, 6.45) is 5.42. The van der Waals surface area contributed by atoms with Crippen LogP contribution in [-0.4, -0.2) is 47.1 Å². The molecule has 0 unspecified atom stereocenters. The second kappa shape index (κ2) is 8.40. The average molecular weight is 429 g/mol. The first-order valence-corrected chi connectivity index (χ1v) is 11.3. The van der Waals surface area contributed by atoms with E-state index in [1.165, 1.54) is 6.08 Å². The lowest BCUT2D eigenvalue weighted by Crippen LogP contribution is -2.60. The molecule has 4 rings (SSSR count). The molecule has 31 heavy (non-hydrogen) atoms. The van der Waals surface area contributed by atoms with Gasteiger partial charge in [0.2, 0.25) is 0 Å². The van der Waals surface area contributed by atoms with Crippen LogP contribution in [0, 0.1) is 17.8 Å². The van der Waals surface area contributed by atoms with Crippen LogP contribution in [0.2, 0.25) is 0 Å². The molecule has 3 fully saturated rings. The molecule has 2 aliphatic heterocycles. The van der Waals surface area contributed by atoms with Crippen molar-refractivity contribution in [2.75, 3.05) is 6.61 Å². The van der Waals surface area contributed by atoms with Gasteiger partial charge < -0.3 is 19.3 Å². The van der Waals surface area contributed by atoms with Crippen molar-refractivity contribution in [1.82, 2.24) is 0 Å². The molecule has 0 spiro atoms. The first-order valence-electron chi connectivity index (χ1n) is 11.3. The molecule has 2 saturated heterocycles. The lowest BCUT2D eigenvalue weighted by Gasteiger charge is -2.51. The highest BCUT2D eigenvalue weighted by molar-refractivity contribution is 5.87. The summed E-state index contributed by atoms with van der Waals surface area (Å²) in [5.41, 5.74) is -0.411. The van der Waals surface area contributed by atoms with E-state index in [9.17, 15) is 14.7 Å². The summed E-state index contributed by atoms with van der Waals surface area (Å²) in [7, 11) is 0. The third kappa shape index (κ3) is 3.80. The monoisotopic (exact) mass is 428 g/mol. The Hall–Kier alpha value is -2.18. The van der Waals surface area contributed by atoms with Gasteiger partial charge in [0.25, 0.3) is 0 Å². The molecule has 3 aliphatic rings. The maximum atomic E-state index is 12.8. The topological polar surface area (TPSA) is 82.1 Å². The Morgan fingerprint density at radius 2 is 1.97 bits per heavy atom. The number of rotatable bonds is 6.